The maximum absolute atomic E-state index is 13.2. The van der Waals surface area contributed by atoms with Gasteiger partial charge in [0.1, 0.15) is 34.8 Å². The molecule has 1 saturated heterocycles. The highest BCUT2D eigenvalue weighted by Crippen LogP contribution is 2.44. The molecule has 1 unspecified atom stereocenters. The first-order valence-corrected chi connectivity index (χ1v) is 10.1. The quantitative estimate of drug-likeness (QED) is 0.341. The number of carbonyl (C=O) groups excluding carboxylic acids is 2. The summed E-state index contributed by atoms with van der Waals surface area (Å²) in [6, 6.07) is 12.2. The van der Waals surface area contributed by atoms with Gasteiger partial charge in [0.15, 0.2) is 0 Å². The summed E-state index contributed by atoms with van der Waals surface area (Å²) in [6.45, 7) is 1.82. The number of ether oxygens (including phenoxy) is 3. The standard InChI is InChI=1S/C25H23NO7/c1-14-10-15(7-8-19(14)32-4)23(27)21-22(20-6-5-9-33-20)26(25(29)24(21)28)16-11-17(30-2)13-18(12-16)31-3/h5-13,22,27H,1-4H3/b23-21-. The fraction of sp³-hybridized carbons (Fsp3) is 0.200. The number of carbonyl (C=O) groups is 2. The van der Waals surface area contributed by atoms with Crippen molar-refractivity contribution in [1.82, 2.24) is 0 Å². The van der Waals surface area contributed by atoms with E-state index in [1.807, 2.05) is 6.92 Å². The highest BCUT2D eigenvalue weighted by atomic mass is 16.5. The fourth-order valence-corrected chi connectivity index (χ4v) is 3.93. The number of Topliss-reactive ketones (excluding diaryl/α,β-unsaturated/α-hetero) is 1. The molecule has 0 aliphatic carbocycles. The maximum atomic E-state index is 13.2. The first-order valence-electron chi connectivity index (χ1n) is 10.1. The van der Waals surface area contributed by atoms with Gasteiger partial charge in [-0.3, -0.25) is 14.5 Å². The Morgan fingerprint density at radius 3 is 2.21 bits per heavy atom. The number of aliphatic hydroxyl groups is 1. The Hall–Kier alpha value is -4.20. The Bertz CT molecular complexity index is 1220. The van der Waals surface area contributed by atoms with E-state index in [4.69, 9.17) is 18.6 Å². The van der Waals surface area contributed by atoms with Gasteiger partial charge in [0.05, 0.1) is 38.9 Å². The number of nitrogens with zero attached hydrogens (tertiary/aromatic N) is 1. The highest BCUT2D eigenvalue weighted by molar-refractivity contribution is 6.51. The van der Waals surface area contributed by atoms with Crippen molar-refractivity contribution in [2.45, 2.75) is 13.0 Å². The molecule has 33 heavy (non-hydrogen) atoms. The topological polar surface area (TPSA) is 98.4 Å². The number of ketones is 1. The zero-order valence-electron chi connectivity index (χ0n) is 18.6. The van der Waals surface area contributed by atoms with E-state index in [1.165, 1.54) is 25.4 Å². The number of anilines is 1. The van der Waals surface area contributed by atoms with E-state index in [9.17, 15) is 14.7 Å². The molecule has 0 saturated carbocycles. The van der Waals surface area contributed by atoms with Crippen molar-refractivity contribution in [3.05, 3.63) is 77.3 Å². The van der Waals surface area contributed by atoms with Crippen LogP contribution in [0.2, 0.25) is 0 Å². The minimum atomic E-state index is -0.987. The van der Waals surface area contributed by atoms with Crippen LogP contribution >= 0.6 is 0 Å². The molecule has 3 aromatic rings. The number of amides is 1. The van der Waals surface area contributed by atoms with E-state index >= 15 is 0 Å². The molecule has 1 atom stereocenters. The van der Waals surface area contributed by atoms with Crippen LogP contribution in [0.5, 0.6) is 17.2 Å². The van der Waals surface area contributed by atoms with Crippen molar-refractivity contribution in [2.75, 3.05) is 26.2 Å². The van der Waals surface area contributed by atoms with E-state index in [1.54, 1.807) is 55.6 Å². The van der Waals surface area contributed by atoms with Gasteiger partial charge in [0, 0.05) is 23.8 Å². The molecule has 1 N–H and O–H groups in total. The molecule has 1 aliphatic heterocycles. The second-order valence-corrected chi connectivity index (χ2v) is 7.44. The Balaban J connectivity index is 1.92. The van der Waals surface area contributed by atoms with Crippen LogP contribution in [0.15, 0.2) is 64.8 Å². The molecule has 1 fully saturated rings. The Kier molecular flexibility index (Phi) is 5.83. The van der Waals surface area contributed by atoms with Gasteiger partial charge >= 0.3 is 0 Å². The average Bonchev–Trinajstić information content (AvgIpc) is 3.45. The Labute approximate surface area is 190 Å². The van der Waals surface area contributed by atoms with Gasteiger partial charge in [-0.2, -0.15) is 0 Å². The minimum absolute atomic E-state index is 0.0821. The number of rotatable bonds is 6. The summed E-state index contributed by atoms with van der Waals surface area (Å²) in [6.07, 6.45) is 1.44. The number of methoxy groups -OCH3 is 3. The normalized spacial score (nSPS) is 17.3. The summed E-state index contributed by atoms with van der Waals surface area (Å²) in [7, 11) is 4.53. The number of furan rings is 1. The highest BCUT2D eigenvalue weighted by Gasteiger charge is 2.48. The van der Waals surface area contributed by atoms with Crippen LogP contribution in [0.3, 0.4) is 0 Å². The number of hydrogen-bond acceptors (Lipinski definition) is 7. The van der Waals surface area contributed by atoms with E-state index in [2.05, 4.69) is 0 Å². The van der Waals surface area contributed by atoms with Crippen molar-refractivity contribution in [2.24, 2.45) is 0 Å². The monoisotopic (exact) mass is 449 g/mol. The smallest absolute Gasteiger partial charge is 0.300 e. The number of benzene rings is 2. The van der Waals surface area contributed by atoms with Gasteiger partial charge < -0.3 is 23.7 Å². The van der Waals surface area contributed by atoms with Crippen LogP contribution in [0.1, 0.15) is 22.9 Å². The van der Waals surface area contributed by atoms with Crippen molar-refractivity contribution in [3.63, 3.8) is 0 Å². The second-order valence-electron chi connectivity index (χ2n) is 7.44. The van der Waals surface area contributed by atoms with Crippen LogP contribution in [-0.4, -0.2) is 38.1 Å². The lowest BCUT2D eigenvalue weighted by Crippen LogP contribution is -2.29. The lowest BCUT2D eigenvalue weighted by Gasteiger charge is -2.24. The summed E-state index contributed by atoms with van der Waals surface area (Å²) in [5, 5.41) is 11.2. The lowest BCUT2D eigenvalue weighted by atomic mass is 9.98. The van der Waals surface area contributed by atoms with Crippen molar-refractivity contribution in [3.8, 4) is 17.2 Å². The zero-order valence-corrected chi connectivity index (χ0v) is 18.6. The minimum Gasteiger partial charge on any atom is -0.507 e. The zero-order chi connectivity index (χ0) is 23.7. The summed E-state index contributed by atoms with van der Waals surface area (Å²) >= 11 is 0. The largest absolute Gasteiger partial charge is 0.507 e. The van der Waals surface area contributed by atoms with Gasteiger partial charge in [-0.05, 0) is 42.8 Å². The Morgan fingerprint density at radius 2 is 1.67 bits per heavy atom. The van der Waals surface area contributed by atoms with Crippen LogP contribution in [0, 0.1) is 6.92 Å². The third-order valence-electron chi connectivity index (χ3n) is 5.54. The molecule has 0 radical (unpaired) electrons. The molecule has 8 nitrogen and oxygen atoms in total. The van der Waals surface area contributed by atoms with Crippen molar-refractivity contribution < 1.29 is 33.3 Å². The summed E-state index contributed by atoms with van der Waals surface area (Å²) in [5.74, 6) is -0.105. The summed E-state index contributed by atoms with van der Waals surface area (Å²) in [5.41, 5.74) is 1.43. The van der Waals surface area contributed by atoms with E-state index in [-0.39, 0.29) is 11.3 Å². The third-order valence-corrected chi connectivity index (χ3v) is 5.54. The number of aliphatic hydroxyl groups excluding tert-OH is 1. The van der Waals surface area contributed by atoms with Crippen molar-refractivity contribution in [1.29, 1.82) is 0 Å². The Morgan fingerprint density at radius 1 is 0.970 bits per heavy atom. The molecular formula is C25H23NO7. The maximum Gasteiger partial charge on any atom is 0.300 e. The fourth-order valence-electron chi connectivity index (χ4n) is 3.93. The third kappa shape index (κ3) is 3.80. The van der Waals surface area contributed by atoms with Crippen LogP contribution in [0.4, 0.5) is 5.69 Å². The molecule has 1 aromatic heterocycles. The first kappa shape index (κ1) is 22.0. The van der Waals surface area contributed by atoms with E-state index in [0.29, 0.717) is 34.3 Å². The molecule has 170 valence electrons. The van der Waals surface area contributed by atoms with Gasteiger partial charge in [-0.25, -0.2) is 0 Å². The number of aryl methyl sites for hydroxylation is 1. The van der Waals surface area contributed by atoms with Crippen LogP contribution < -0.4 is 19.1 Å². The summed E-state index contributed by atoms with van der Waals surface area (Å²) in [4.78, 5) is 27.7. The predicted molar refractivity (Wildman–Crippen MR) is 121 cm³/mol. The van der Waals surface area contributed by atoms with Gasteiger partial charge in [0.2, 0.25) is 0 Å². The molecule has 2 heterocycles. The van der Waals surface area contributed by atoms with Crippen LogP contribution in [0.25, 0.3) is 5.76 Å². The molecule has 0 bridgehead atoms. The second kappa shape index (κ2) is 8.74. The predicted octanol–water partition coefficient (Wildman–Crippen LogP) is 4.24. The van der Waals surface area contributed by atoms with Gasteiger partial charge in [-0.15, -0.1) is 0 Å². The molecule has 2 aromatic carbocycles. The van der Waals surface area contributed by atoms with Crippen LogP contribution in [-0.2, 0) is 9.59 Å². The molecule has 8 heteroatoms. The number of hydrogen-bond donors (Lipinski definition) is 1. The van der Waals surface area contributed by atoms with E-state index in [0.717, 1.165) is 5.56 Å². The van der Waals surface area contributed by atoms with Crippen molar-refractivity contribution >= 4 is 23.1 Å². The summed E-state index contributed by atoms with van der Waals surface area (Å²) < 4.78 is 21.5. The molecule has 0 spiro atoms. The average molecular weight is 449 g/mol. The molecular weight excluding hydrogens is 426 g/mol. The van der Waals surface area contributed by atoms with Gasteiger partial charge in [-0.1, -0.05) is 0 Å². The molecule has 1 aliphatic rings. The lowest BCUT2D eigenvalue weighted by molar-refractivity contribution is -0.132. The molecule has 1 amide bonds. The molecule has 4 rings (SSSR count). The van der Waals surface area contributed by atoms with Gasteiger partial charge in [0.25, 0.3) is 11.7 Å². The SMILES string of the molecule is COc1cc(OC)cc(N2C(=O)C(=O)/C(=C(\O)c3ccc(OC)c(C)c3)C2c2ccco2)c1. The van der Waals surface area contributed by atoms with E-state index < -0.39 is 17.7 Å². The first-order chi connectivity index (χ1) is 15.9.